The predicted octanol–water partition coefficient (Wildman–Crippen LogP) is -14.8. The van der Waals surface area contributed by atoms with Gasteiger partial charge in [-0.2, -0.15) is 16.8 Å². The van der Waals surface area contributed by atoms with Gasteiger partial charge in [0.25, 0.3) is 0 Å². The van der Waals surface area contributed by atoms with Crippen molar-refractivity contribution in [3.8, 4) is 0 Å². The van der Waals surface area contributed by atoms with Gasteiger partial charge in [0.2, 0.25) is 11.8 Å². The van der Waals surface area contributed by atoms with E-state index in [1.54, 1.807) is 0 Å². The highest BCUT2D eigenvalue weighted by molar-refractivity contribution is 7.81. The standard InChI is InChI=1S/C52H91N3O42S2/c1-16(60)54-25-32(67)41(93-51-39(74)44(96-98(76,77)78)29(64)18(9-56)86-51)20(11-58)88-46(25)83-13-22-27(62)34(69)36(71)48(90-22)85-15-24-31(66)43(38(73)49(91-24)82-8-6-4-3-5-7-53)95-50-37(72)35(70)28(63)23(92-50)14-84-47-26(55-17(2)61)33(68)42(21(12-59)89-47)94-52-40(75)45(97-99(79,80)81)30(65)19(10-57)87-52/h18-52,56-59,62-75H,3-15,53H2,1-2H3,(H,54,60)(H,55,61)(H,76,77,78)(H,79,80,81)/t18-,19-,20-,21-,22-,23-,24-,25-,26-,27-,28-,29+,30+,31-,32-,33-,34+,35+,36+,37+,38+,39-,40-,41-,42-,43+,44+,45+,46-,47-,48+,49+,50-,51+,52+/m1/s1. The van der Waals surface area contributed by atoms with E-state index in [4.69, 9.17) is 72.0 Å². The number of nitrogens with two attached hydrogens (primary N) is 1. The summed E-state index contributed by atoms with van der Waals surface area (Å²) >= 11 is 0. The number of carbonyl (C=O) groups is 2. The summed E-state index contributed by atoms with van der Waals surface area (Å²) in [5.74, 6) is -1.71. The Morgan fingerprint density at radius 2 is 0.667 bits per heavy atom. The van der Waals surface area contributed by atoms with Gasteiger partial charge in [-0.3, -0.25) is 18.7 Å². The Labute approximate surface area is 563 Å². The van der Waals surface area contributed by atoms with Gasteiger partial charge in [0.1, 0.15) is 171 Å². The molecule has 0 unspecified atom stereocenters. The zero-order chi connectivity index (χ0) is 73.3. The minimum Gasteiger partial charge on any atom is -0.394 e. The number of carbonyl (C=O) groups excluding carboxylic acids is 2. The van der Waals surface area contributed by atoms with Gasteiger partial charge in [-0.1, -0.05) is 12.8 Å². The maximum Gasteiger partial charge on any atom is 0.397 e. The summed E-state index contributed by atoms with van der Waals surface area (Å²) in [6.45, 7) is -4.63. The van der Waals surface area contributed by atoms with Gasteiger partial charge in [0.05, 0.1) is 46.2 Å². The monoisotopic (exact) mass is 1490 g/mol. The number of rotatable bonds is 32. The SMILES string of the molecule is CC(=O)N[C@H]1[C@H](OC[C@H]2O[C@H](OC[C@H]3O[C@H](OCCCCCCN)[C@@H](O)[C@@H](O[C@H]4O[C@H](CO[C@@H]5O[C@H](CO)[C@@H](O[C@@H]6O[C@H](CO)[C@H](O)[C@H](OS(=O)(=O)O)[C@H]6O)[C@H](O)[C@H]5NC(C)=O)[C@@H](O)[C@H](O)[C@@H]4O)[C@@H]3O)[C@@H](O)[C@@H](O)[C@@H]2O)O[C@H](CO)[C@@H](O[C@@H]2O[C@H](CO)[C@H](O)[C@H](OS(=O)(=O)O)[C@H]2O)[C@@H]1O. The molecule has 0 aromatic carbocycles. The molecule has 24 N–H and O–H groups in total. The van der Waals surface area contributed by atoms with Crippen LogP contribution in [0.25, 0.3) is 0 Å². The topological polar surface area (TPSA) is 705 Å². The van der Waals surface area contributed by atoms with Gasteiger partial charge in [-0.15, -0.1) is 0 Å². The molecule has 7 aliphatic heterocycles. The zero-order valence-corrected chi connectivity index (χ0v) is 54.4. The van der Waals surface area contributed by atoms with E-state index in [2.05, 4.69) is 19.0 Å². The molecule has 578 valence electrons. The summed E-state index contributed by atoms with van der Waals surface area (Å²) in [6, 6.07) is -3.46. The van der Waals surface area contributed by atoms with Crippen molar-refractivity contribution < 1.29 is 202 Å². The summed E-state index contributed by atoms with van der Waals surface area (Å²) in [4.78, 5) is 25.0. The molecule has 0 aliphatic carbocycles. The van der Waals surface area contributed by atoms with Crippen molar-refractivity contribution in [2.75, 3.05) is 59.4 Å². The molecule has 0 aromatic rings. The molecule has 0 aromatic heterocycles. The second-order valence-corrected chi connectivity index (χ2v) is 26.3. The highest BCUT2D eigenvalue weighted by Gasteiger charge is 2.58. The van der Waals surface area contributed by atoms with Gasteiger partial charge in [-0.05, 0) is 19.4 Å². The second kappa shape index (κ2) is 37.1. The lowest BCUT2D eigenvalue weighted by molar-refractivity contribution is -0.372. The minimum absolute atomic E-state index is 0.106. The number of hydrogen-bond acceptors (Lipinski definition) is 41. The number of aliphatic hydroxyl groups excluding tert-OH is 18. The molecule has 35 atom stereocenters. The lowest BCUT2D eigenvalue weighted by atomic mass is 9.95. The van der Waals surface area contributed by atoms with Crippen molar-refractivity contribution in [2.24, 2.45) is 5.73 Å². The quantitative estimate of drug-likeness (QED) is 0.0220. The molecule has 7 fully saturated rings. The number of nitrogens with one attached hydrogen (secondary N) is 2. The van der Waals surface area contributed by atoms with Gasteiger partial charge in [0, 0.05) is 20.5 Å². The maximum atomic E-state index is 12.5. The maximum absolute atomic E-state index is 12.5. The van der Waals surface area contributed by atoms with Crippen LogP contribution in [0.3, 0.4) is 0 Å². The third-order valence-electron chi connectivity index (χ3n) is 17.1. The molecule has 99 heavy (non-hydrogen) atoms. The molecule has 0 saturated carbocycles. The van der Waals surface area contributed by atoms with Crippen LogP contribution in [0.5, 0.6) is 0 Å². The largest absolute Gasteiger partial charge is 0.397 e. The lowest BCUT2D eigenvalue weighted by Crippen LogP contribution is -2.68. The van der Waals surface area contributed by atoms with Crippen LogP contribution in [0, 0.1) is 0 Å². The molecule has 0 bridgehead atoms. The smallest absolute Gasteiger partial charge is 0.394 e. The van der Waals surface area contributed by atoms with E-state index in [9.17, 15) is 127 Å². The van der Waals surface area contributed by atoms with Crippen molar-refractivity contribution in [3.63, 3.8) is 0 Å². The molecule has 7 saturated heterocycles. The Morgan fingerprint density at radius 1 is 0.354 bits per heavy atom. The van der Waals surface area contributed by atoms with E-state index in [1.165, 1.54) is 0 Å². The van der Waals surface area contributed by atoms with Crippen LogP contribution in [0.1, 0.15) is 39.5 Å². The van der Waals surface area contributed by atoms with Crippen LogP contribution in [-0.2, 0) is 105 Å². The van der Waals surface area contributed by atoms with Gasteiger partial charge >= 0.3 is 20.8 Å². The second-order valence-electron chi connectivity index (χ2n) is 24.2. The third kappa shape index (κ3) is 21.1. The number of unbranched alkanes of at least 4 members (excludes halogenated alkanes) is 3. The van der Waals surface area contributed by atoms with Crippen LogP contribution in [0.4, 0.5) is 0 Å². The van der Waals surface area contributed by atoms with E-state index in [1.807, 2.05) is 0 Å². The average molecular weight is 1490 g/mol. The van der Waals surface area contributed by atoms with Gasteiger partial charge in [-0.25, -0.2) is 8.37 Å². The molecule has 47 heteroatoms. The van der Waals surface area contributed by atoms with Crippen molar-refractivity contribution in [1.82, 2.24) is 10.6 Å². The van der Waals surface area contributed by atoms with E-state index in [-0.39, 0.29) is 6.61 Å². The van der Waals surface area contributed by atoms with Gasteiger partial charge in [0.15, 0.2) is 44.0 Å². The molecule has 7 heterocycles. The zero-order valence-electron chi connectivity index (χ0n) is 52.7. The Bertz CT molecular complexity index is 2730. The van der Waals surface area contributed by atoms with Crippen LogP contribution in [0.2, 0.25) is 0 Å². The van der Waals surface area contributed by atoms with E-state index < -0.39 is 294 Å². The Balaban J connectivity index is 1.03. The van der Waals surface area contributed by atoms with Crippen LogP contribution in [0.15, 0.2) is 0 Å². The molecular formula is C52H91N3O42S2. The summed E-state index contributed by atoms with van der Waals surface area (Å²) in [5.41, 5.74) is 5.61. The van der Waals surface area contributed by atoms with E-state index in [0.29, 0.717) is 32.2 Å². The Hall–Kier alpha value is -2.64. The highest BCUT2D eigenvalue weighted by Crippen LogP contribution is 2.37. The number of ether oxygens (including phenoxy) is 14. The normalized spacial score (nSPS) is 44.9. The number of hydrogen-bond donors (Lipinski definition) is 23. The van der Waals surface area contributed by atoms with Crippen molar-refractivity contribution in [2.45, 2.75) is 254 Å². The van der Waals surface area contributed by atoms with Crippen molar-refractivity contribution in [1.29, 1.82) is 0 Å². The molecule has 45 nitrogen and oxygen atoms in total. The fourth-order valence-corrected chi connectivity index (χ4v) is 12.9. The highest BCUT2D eigenvalue weighted by atomic mass is 32.3. The summed E-state index contributed by atoms with van der Waals surface area (Å²) in [5, 5.41) is 202. The lowest BCUT2D eigenvalue weighted by Gasteiger charge is -2.48. The molecular weight excluding hydrogens is 1400 g/mol. The fraction of sp³-hybridized carbons (Fsp3) is 0.962. The van der Waals surface area contributed by atoms with Crippen molar-refractivity contribution in [3.05, 3.63) is 0 Å². The molecule has 0 radical (unpaired) electrons. The fourth-order valence-electron chi connectivity index (χ4n) is 11.9. The summed E-state index contributed by atoms with van der Waals surface area (Å²) in [7, 11) is -10.8. The van der Waals surface area contributed by atoms with Crippen LogP contribution < -0.4 is 16.4 Å². The van der Waals surface area contributed by atoms with Crippen LogP contribution >= 0.6 is 0 Å². The van der Waals surface area contributed by atoms with E-state index in [0.717, 1.165) is 13.8 Å². The van der Waals surface area contributed by atoms with Crippen LogP contribution in [-0.4, -0.2) is 404 Å². The summed E-state index contributed by atoms with van der Waals surface area (Å²) in [6.07, 6.45) is -63.8. The third-order valence-corrected chi connectivity index (χ3v) is 18.0. The molecule has 2 amide bonds. The molecule has 7 rings (SSSR count). The first-order valence-electron chi connectivity index (χ1n) is 31.1. The Kier molecular flexibility index (Phi) is 31.3. The Morgan fingerprint density at radius 3 is 1.06 bits per heavy atom. The predicted molar refractivity (Wildman–Crippen MR) is 307 cm³/mol. The summed E-state index contributed by atoms with van der Waals surface area (Å²) < 4.78 is 154. The molecule has 0 spiro atoms. The molecule has 7 aliphatic rings. The first-order chi connectivity index (χ1) is 46.6. The van der Waals surface area contributed by atoms with E-state index >= 15 is 0 Å². The first-order valence-corrected chi connectivity index (χ1v) is 33.8. The number of amides is 2. The van der Waals surface area contributed by atoms with Gasteiger partial charge < -0.3 is 175 Å². The minimum atomic E-state index is -5.38. The van der Waals surface area contributed by atoms with Crippen molar-refractivity contribution >= 4 is 32.6 Å². The first kappa shape index (κ1) is 83.6. The average Bonchev–Trinajstić information content (AvgIpc) is 0.785. The number of aliphatic hydroxyl groups is 18.